The number of aryl methyl sites for hydroxylation is 1. The molecule has 160 valence electrons. The third-order valence-corrected chi connectivity index (χ3v) is 6.68. The fourth-order valence-corrected chi connectivity index (χ4v) is 4.47. The number of pyridine rings is 1. The van der Waals surface area contributed by atoms with Crippen LogP contribution in [0.2, 0.25) is 0 Å². The van der Waals surface area contributed by atoms with Crippen LogP contribution in [0.4, 0.5) is 0 Å². The summed E-state index contributed by atoms with van der Waals surface area (Å²) >= 11 is 0. The van der Waals surface area contributed by atoms with Gasteiger partial charge in [-0.25, -0.2) is 13.4 Å². The average Bonchev–Trinajstić information content (AvgIpc) is 3.08. The molecule has 1 atom stereocenters. The Morgan fingerprint density at radius 2 is 1.93 bits per heavy atom. The van der Waals surface area contributed by atoms with Crippen LogP contribution in [0.1, 0.15) is 37.4 Å². The number of carbonyl (C=O) groups is 1. The smallest absolute Gasteiger partial charge is 0.302 e. The van der Waals surface area contributed by atoms with E-state index in [0.717, 1.165) is 28.1 Å². The Morgan fingerprint density at radius 1 is 1.23 bits per heavy atom. The second-order valence-electron chi connectivity index (χ2n) is 7.22. The van der Waals surface area contributed by atoms with Crippen molar-refractivity contribution in [1.82, 2.24) is 19.3 Å². The number of ether oxygens (including phenoxy) is 1. The highest BCUT2D eigenvalue weighted by molar-refractivity contribution is 7.89. The van der Waals surface area contributed by atoms with Gasteiger partial charge in [0.1, 0.15) is 17.4 Å². The fourth-order valence-electron chi connectivity index (χ4n) is 3.26. The maximum Gasteiger partial charge on any atom is 0.302 e. The zero-order chi connectivity index (χ0) is 21.9. The second-order valence-corrected chi connectivity index (χ2v) is 9.27. The van der Waals surface area contributed by atoms with Gasteiger partial charge in [0.25, 0.3) is 0 Å². The molecule has 0 aliphatic carbocycles. The van der Waals surface area contributed by atoms with Gasteiger partial charge >= 0.3 is 5.97 Å². The first-order valence-corrected chi connectivity index (χ1v) is 11.2. The number of carbonyl (C=O) groups excluding carboxylic acids is 1. The minimum absolute atomic E-state index is 0.102. The molecule has 30 heavy (non-hydrogen) atoms. The van der Waals surface area contributed by atoms with E-state index < -0.39 is 22.1 Å². The molecule has 8 nitrogen and oxygen atoms in total. The lowest BCUT2D eigenvalue weighted by Crippen LogP contribution is -2.36. The highest BCUT2D eigenvalue weighted by atomic mass is 32.2. The van der Waals surface area contributed by atoms with Crippen molar-refractivity contribution in [2.45, 2.75) is 44.6 Å². The predicted molar refractivity (Wildman–Crippen MR) is 114 cm³/mol. The summed E-state index contributed by atoms with van der Waals surface area (Å²) in [6, 6.07) is 8.62. The molecule has 0 spiro atoms. The first-order chi connectivity index (χ1) is 14.2. The van der Waals surface area contributed by atoms with E-state index in [1.165, 1.54) is 18.3 Å². The highest BCUT2D eigenvalue weighted by Crippen LogP contribution is 2.20. The molecule has 0 fully saturated rings. The zero-order valence-electron chi connectivity index (χ0n) is 17.5. The Bertz CT molecular complexity index is 1140. The van der Waals surface area contributed by atoms with Crippen molar-refractivity contribution in [3.8, 4) is 0 Å². The number of aromatic nitrogens is 3. The molecule has 1 unspecified atom stereocenters. The van der Waals surface area contributed by atoms with Gasteiger partial charge in [-0.2, -0.15) is 4.31 Å². The summed E-state index contributed by atoms with van der Waals surface area (Å²) in [6.45, 7) is 5.16. The Kier molecular flexibility index (Phi) is 6.52. The van der Waals surface area contributed by atoms with Crippen molar-refractivity contribution in [3.05, 3.63) is 53.6 Å². The minimum Gasteiger partial charge on any atom is -0.461 e. The van der Waals surface area contributed by atoms with Crippen molar-refractivity contribution in [3.63, 3.8) is 0 Å². The topological polar surface area (TPSA) is 105 Å². The van der Waals surface area contributed by atoms with E-state index in [1.807, 2.05) is 19.9 Å². The van der Waals surface area contributed by atoms with E-state index in [1.54, 1.807) is 30.5 Å². The Morgan fingerprint density at radius 3 is 2.57 bits per heavy atom. The molecule has 1 aromatic carbocycles. The summed E-state index contributed by atoms with van der Waals surface area (Å²) in [6.07, 6.45) is 2.33. The largest absolute Gasteiger partial charge is 0.461 e. The molecule has 0 radical (unpaired) electrons. The normalized spacial score (nSPS) is 13.0. The lowest BCUT2D eigenvalue weighted by atomic mass is 10.1. The SMILES string of the molecule is CCC(CN(C)S(=O)(=O)c1ccc(Cc2nccc3[nH]c(C)nc23)cc1)OC(C)=O. The molecule has 0 saturated carbocycles. The van der Waals surface area contributed by atoms with E-state index in [-0.39, 0.29) is 11.4 Å². The zero-order valence-corrected chi connectivity index (χ0v) is 18.4. The molecule has 2 heterocycles. The monoisotopic (exact) mass is 430 g/mol. The third-order valence-electron chi connectivity index (χ3n) is 4.85. The van der Waals surface area contributed by atoms with Crippen LogP contribution in [0.3, 0.4) is 0 Å². The number of sulfonamides is 1. The first-order valence-electron chi connectivity index (χ1n) is 9.73. The number of benzene rings is 1. The van der Waals surface area contributed by atoms with Crippen LogP contribution in [0.15, 0.2) is 41.4 Å². The summed E-state index contributed by atoms with van der Waals surface area (Å²) in [5, 5.41) is 0. The third kappa shape index (κ3) is 4.85. The van der Waals surface area contributed by atoms with Gasteiger partial charge in [0, 0.05) is 26.6 Å². The number of rotatable bonds is 8. The summed E-state index contributed by atoms with van der Waals surface area (Å²) < 4.78 is 32.1. The second kappa shape index (κ2) is 8.93. The van der Waals surface area contributed by atoms with E-state index in [4.69, 9.17) is 4.74 Å². The van der Waals surface area contributed by atoms with Crippen LogP contribution >= 0.6 is 0 Å². The number of fused-ring (bicyclic) bond motifs is 1. The predicted octanol–water partition coefficient (Wildman–Crippen LogP) is 2.82. The van der Waals surface area contributed by atoms with Crippen LogP contribution in [0.5, 0.6) is 0 Å². The van der Waals surface area contributed by atoms with Crippen molar-refractivity contribution >= 4 is 27.0 Å². The Hall–Kier alpha value is -2.78. The number of hydrogen-bond acceptors (Lipinski definition) is 6. The Labute approximate surface area is 176 Å². The number of hydrogen-bond donors (Lipinski definition) is 1. The van der Waals surface area contributed by atoms with Gasteiger partial charge in [-0.1, -0.05) is 19.1 Å². The number of imidazole rings is 1. The molecule has 0 saturated heterocycles. The summed E-state index contributed by atoms with van der Waals surface area (Å²) in [5.74, 6) is 0.399. The number of aromatic amines is 1. The summed E-state index contributed by atoms with van der Waals surface area (Å²) in [5.41, 5.74) is 3.51. The van der Waals surface area contributed by atoms with Gasteiger partial charge in [-0.15, -0.1) is 0 Å². The van der Waals surface area contributed by atoms with Gasteiger partial charge < -0.3 is 9.72 Å². The maximum absolute atomic E-state index is 12.9. The number of nitrogens with zero attached hydrogens (tertiary/aromatic N) is 3. The molecule has 0 aliphatic heterocycles. The molecule has 2 aromatic heterocycles. The van der Waals surface area contributed by atoms with Crippen molar-refractivity contribution < 1.29 is 17.9 Å². The number of esters is 1. The van der Waals surface area contributed by atoms with Crippen molar-refractivity contribution in [2.24, 2.45) is 0 Å². The number of nitrogens with one attached hydrogen (secondary N) is 1. The van der Waals surface area contributed by atoms with Crippen LogP contribution in [0, 0.1) is 6.92 Å². The van der Waals surface area contributed by atoms with Gasteiger partial charge in [-0.05, 0) is 37.1 Å². The van der Waals surface area contributed by atoms with E-state index in [2.05, 4.69) is 15.0 Å². The molecule has 0 bridgehead atoms. The number of H-pyrrole nitrogens is 1. The minimum atomic E-state index is -3.69. The number of likely N-dealkylation sites (N-methyl/N-ethyl adjacent to an activating group) is 1. The summed E-state index contributed by atoms with van der Waals surface area (Å²) in [4.78, 5) is 23.5. The maximum atomic E-state index is 12.9. The van der Waals surface area contributed by atoms with E-state index in [0.29, 0.717) is 12.8 Å². The van der Waals surface area contributed by atoms with Gasteiger partial charge in [0.2, 0.25) is 10.0 Å². The molecular weight excluding hydrogens is 404 g/mol. The highest BCUT2D eigenvalue weighted by Gasteiger charge is 2.24. The standard InChI is InChI=1S/C21H26N4O4S/c1-5-17(29-15(3)26)13-25(4)30(27,28)18-8-6-16(7-9-18)12-20-21-19(10-11-22-20)23-14(2)24-21/h6-11,17H,5,12-13H2,1-4H3,(H,23,24). The van der Waals surface area contributed by atoms with Gasteiger partial charge in [0.15, 0.2) is 0 Å². The van der Waals surface area contributed by atoms with E-state index in [9.17, 15) is 13.2 Å². The molecule has 0 aliphatic rings. The lowest BCUT2D eigenvalue weighted by Gasteiger charge is -2.22. The fraction of sp³-hybridized carbons (Fsp3) is 0.381. The molecule has 9 heteroatoms. The van der Waals surface area contributed by atoms with Crippen LogP contribution in [-0.4, -0.2) is 53.3 Å². The van der Waals surface area contributed by atoms with Crippen molar-refractivity contribution in [2.75, 3.05) is 13.6 Å². The van der Waals surface area contributed by atoms with E-state index >= 15 is 0 Å². The van der Waals surface area contributed by atoms with Gasteiger partial charge in [0.05, 0.1) is 22.7 Å². The quantitative estimate of drug-likeness (QED) is 0.551. The molecule has 3 rings (SSSR count). The molecule has 3 aromatic rings. The van der Waals surface area contributed by atoms with Crippen LogP contribution in [0.25, 0.3) is 11.0 Å². The van der Waals surface area contributed by atoms with Crippen LogP contribution in [-0.2, 0) is 26.0 Å². The summed E-state index contributed by atoms with van der Waals surface area (Å²) in [7, 11) is -2.21. The first kappa shape index (κ1) is 21.9. The van der Waals surface area contributed by atoms with Gasteiger partial charge in [-0.3, -0.25) is 9.78 Å². The molecular formula is C21H26N4O4S. The van der Waals surface area contributed by atoms with Crippen LogP contribution < -0.4 is 0 Å². The van der Waals surface area contributed by atoms with Crippen molar-refractivity contribution in [1.29, 1.82) is 0 Å². The average molecular weight is 431 g/mol. The lowest BCUT2D eigenvalue weighted by molar-refractivity contribution is -0.146. The molecule has 1 N–H and O–H groups in total. The Balaban J connectivity index is 1.76. The molecule has 0 amide bonds.